The van der Waals surface area contributed by atoms with Crippen molar-refractivity contribution in [3.8, 4) is 28.3 Å². The van der Waals surface area contributed by atoms with Gasteiger partial charge in [-0.25, -0.2) is 4.98 Å². The van der Waals surface area contributed by atoms with Crippen molar-refractivity contribution in [2.45, 2.75) is 50.4 Å². The van der Waals surface area contributed by atoms with Crippen molar-refractivity contribution in [2.24, 2.45) is 7.05 Å². The Balaban J connectivity index is 1.28. The summed E-state index contributed by atoms with van der Waals surface area (Å²) >= 11 is 0. The molecule has 1 N–H and O–H groups in total. The van der Waals surface area contributed by atoms with E-state index in [1.54, 1.807) is 19.4 Å². The molecule has 2 bridgehead atoms. The van der Waals surface area contributed by atoms with Crippen molar-refractivity contribution < 1.29 is 4.74 Å². The van der Waals surface area contributed by atoms with Crippen LogP contribution in [0.1, 0.15) is 31.2 Å². The van der Waals surface area contributed by atoms with E-state index in [-0.39, 0.29) is 5.56 Å². The number of nitrogens with one attached hydrogen (secondary N) is 1. The molecule has 3 aliphatic heterocycles. The van der Waals surface area contributed by atoms with Crippen LogP contribution in [-0.2, 0) is 13.7 Å². The largest absolute Gasteiger partial charge is 0.472 e. The first kappa shape index (κ1) is 19.5. The van der Waals surface area contributed by atoms with Gasteiger partial charge in [-0.05, 0) is 55.0 Å². The number of aromatic nitrogens is 3. The Kier molecular flexibility index (Phi) is 4.54. The Bertz CT molecular complexity index is 1240. The molecule has 0 radical (unpaired) electrons. The van der Waals surface area contributed by atoms with Crippen LogP contribution in [0.2, 0.25) is 0 Å². The van der Waals surface area contributed by atoms with E-state index < -0.39 is 0 Å². The number of hydrogen-bond donors (Lipinski definition) is 1. The Morgan fingerprint density at radius 3 is 2.66 bits per heavy atom. The number of piperidine rings is 1. The highest BCUT2D eigenvalue weighted by Crippen LogP contribution is 2.39. The van der Waals surface area contributed by atoms with Gasteiger partial charge >= 0.3 is 0 Å². The predicted octanol–water partition coefficient (Wildman–Crippen LogP) is 3.12. The van der Waals surface area contributed by atoms with Gasteiger partial charge in [0, 0.05) is 49.4 Å². The molecule has 1 aromatic carbocycles. The van der Waals surface area contributed by atoms with Crippen LogP contribution in [0.5, 0.6) is 5.88 Å². The molecule has 5 heterocycles. The average Bonchev–Trinajstić information content (AvgIpc) is 3.16. The Morgan fingerprint density at radius 1 is 1.09 bits per heavy atom. The Morgan fingerprint density at radius 2 is 1.88 bits per heavy atom. The quantitative estimate of drug-likeness (QED) is 0.690. The van der Waals surface area contributed by atoms with Gasteiger partial charge in [0.15, 0.2) is 0 Å². The number of rotatable bonds is 3. The van der Waals surface area contributed by atoms with E-state index in [0.29, 0.717) is 36.3 Å². The lowest BCUT2D eigenvalue weighted by molar-refractivity contribution is 0.289. The fourth-order valence-corrected chi connectivity index (χ4v) is 5.37. The van der Waals surface area contributed by atoms with Gasteiger partial charge in [0.25, 0.3) is 5.56 Å². The van der Waals surface area contributed by atoms with Crippen molar-refractivity contribution >= 4 is 5.82 Å². The normalized spacial score (nSPS) is 23.2. The number of nitrogens with zero attached hydrogens (tertiary/aromatic N) is 4. The number of aryl methyl sites for hydroxylation is 1. The smallest absolute Gasteiger partial charge is 0.253 e. The van der Waals surface area contributed by atoms with Crippen LogP contribution in [0.15, 0.2) is 47.5 Å². The predicted molar refractivity (Wildman–Crippen MR) is 124 cm³/mol. The monoisotopic (exact) mass is 429 g/mol. The van der Waals surface area contributed by atoms with E-state index in [9.17, 15) is 4.79 Å². The number of benzene rings is 1. The third-order valence-corrected chi connectivity index (χ3v) is 7.24. The third-order valence-electron chi connectivity index (χ3n) is 7.24. The number of hydrogen-bond acceptors (Lipinski definition) is 6. The van der Waals surface area contributed by atoms with Gasteiger partial charge in [-0.2, -0.15) is 4.98 Å². The van der Waals surface area contributed by atoms with Crippen molar-refractivity contribution in [3.05, 3.63) is 58.6 Å². The third kappa shape index (κ3) is 3.28. The van der Waals surface area contributed by atoms with Gasteiger partial charge in [-0.15, -0.1) is 0 Å². The average molecular weight is 430 g/mol. The van der Waals surface area contributed by atoms with E-state index in [1.165, 1.54) is 30.3 Å². The highest BCUT2D eigenvalue weighted by atomic mass is 16.5. The topological polar surface area (TPSA) is 72.3 Å². The molecule has 7 nitrogen and oxygen atoms in total. The summed E-state index contributed by atoms with van der Waals surface area (Å²) in [6.07, 6.45) is 6.49. The van der Waals surface area contributed by atoms with Gasteiger partial charge in [0.2, 0.25) is 5.88 Å². The second kappa shape index (κ2) is 7.45. The van der Waals surface area contributed by atoms with Crippen LogP contribution in [0.3, 0.4) is 0 Å². The molecule has 2 unspecified atom stereocenters. The maximum absolute atomic E-state index is 12.0. The first-order valence-electron chi connectivity index (χ1n) is 11.3. The summed E-state index contributed by atoms with van der Waals surface area (Å²) in [5.74, 6) is 1.66. The van der Waals surface area contributed by atoms with E-state index in [1.807, 2.05) is 6.07 Å². The molecule has 2 atom stereocenters. The highest BCUT2D eigenvalue weighted by Gasteiger charge is 2.35. The summed E-state index contributed by atoms with van der Waals surface area (Å²) in [5, 5.41) is 3.71. The zero-order chi connectivity index (χ0) is 21.8. The minimum atomic E-state index is -0.0723. The fraction of sp³-hybridized carbons (Fsp3) is 0.400. The second-order valence-corrected chi connectivity index (χ2v) is 9.28. The van der Waals surface area contributed by atoms with E-state index in [2.05, 4.69) is 46.5 Å². The second-order valence-electron chi connectivity index (χ2n) is 9.28. The molecule has 2 saturated heterocycles. The van der Waals surface area contributed by atoms with Gasteiger partial charge in [0.05, 0.1) is 12.0 Å². The van der Waals surface area contributed by atoms with Crippen LogP contribution in [0.4, 0.5) is 5.82 Å². The molecule has 0 spiro atoms. The molecule has 164 valence electrons. The van der Waals surface area contributed by atoms with Crippen molar-refractivity contribution in [2.75, 3.05) is 11.9 Å². The summed E-state index contributed by atoms with van der Waals surface area (Å²) in [5.41, 5.74) is 4.73. The van der Waals surface area contributed by atoms with Gasteiger partial charge in [-0.1, -0.05) is 12.1 Å². The summed E-state index contributed by atoms with van der Waals surface area (Å²) in [6, 6.07) is 13.8. The summed E-state index contributed by atoms with van der Waals surface area (Å²) in [4.78, 5) is 23.6. The van der Waals surface area contributed by atoms with Gasteiger partial charge in [0.1, 0.15) is 12.4 Å². The molecule has 3 aliphatic rings. The van der Waals surface area contributed by atoms with E-state index in [0.717, 1.165) is 28.1 Å². The minimum Gasteiger partial charge on any atom is -0.472 e. The molecule has 3 aromatic rings. The van der Waals surface area contributed by atoms with Crippen LogP contribution in [-0.4, -0.2) is 39.7 Å². The minimum absolute atomic E-state index is 0.0723. The summed E-state index contributed by atoms with van der Waals surface area (Å²) in [6.45, 7) is 0.457. The number of fused-ring (bicyclic) bond motifs is 5. The van der Waals surface area contributed by atoms with Crippen molar-refractivity contribution in [1.29, 1.82) is 0 Å². The van der Waals surface area contributed by atoms with Crippen LogP contribution >= 0.6 is 0 Å². The lowest BCUT2D eigenvalue weighted by Crippen LogP contribution is -2.47. The SMILES string of the molecule is CN(c1ccc2c(n1)OCc1cc(-c3cc(=O)n(C)cn3)ccc1-2)C1CC2CCC(C1)N2. The maximum Gasteiger partial charge on any atom is 0.253 e. The first-order chi connectivity index (χ1) is 15.5. The summed E-state index contributed by atoms with van der Waals surface area (Å²) in [7, 11) is 3.86. The zero-order valence-corrected chi connectivity index (χ0v) is 18.4. The Hall–Kier alpha value is -3.19. The molecule has 7 heteroatoms. The molecule has 0 saturated carbocycles. The standard InChI is InChI=1S/C25H27N5O2/c1-29-14-26-22(12-24(29)31)15-3-6-20-16(9-15)13-32-25-21(20)7-8-23(28-25)30(2)19-10-17-4-5-18(11-19)27-17/h3,6-9,12,14,17-19,27H,4-5,10-11,13H2,1-2H3. The molecular weight excluding hydrogens is 402 g/mol. The molecule has 0 aliphatic carbocycles. The lowest BCUT2D eigenvalue weighted by atomic mass is 9.95. The maximum atomic E-state index is 12.0. The van der Waals surface area contributed by atoms with Gasteiger partial charge in [-0.3, -0.25) is 4.79 Å². The Labute approximate surface area is 187 Å². The lowest BCUT2D eigenvalue weighted by Gasteiger charge is -2.36. The first-order valence-corrected chi connectivity index (χ1v) is 11.3. The molecule has 6 rings (SSSR count). The molecular formula is C25H27N5O2. The highest BCUT2D eigenvalue weighted by molar-refractivity contribution is 5.77. The van der Waals surface area contributed by atoms with Crippen LogP contribution in [0, 0.1) is 0 Å². The number of ether oxygens (including phenoxy) is 1. The molecule has 2 fully saturated rings. The fourth-order valence-electron chi connectivity index (χ4n) is 5.37. The zero-order valence-electron chi connectivity index (χ0n) is 18.4. The van der Waals surface area contributed by atoms with Crippen LogP contribution in [0.25, 0.3) is 22.4 Å². The van der Waals surface area contributed by atoms with E-state index >= 15 is 0 Å². The molecule has 2 aromatic heterocycles. The van der Waals surface area contributed by atoms with Crippen LogP contribution < -0.4 is 20.5 Å². The molecule has 32 heavy (non-hydrogen) atoms. The number of anilines is 1. The van der Waals surface area contributed by atoms with Gasteiger partial charge < -0.3 is 19.5 Å². The molecule has 0 amide bonds. The van der Waals surface area contributed by atoms with Crippen molar-refractivity contribution in [3.63, 3.8) is 0 Å². The summed E-state index contributed by atoms with van der Waals surface area (Å²) < 4.78 is 7.55. The van der Waals surface area contributed by atoms with Crippen molar-refractivity contribution in [1.82, 2.24) is 19.9 Å². The van der Waals surface area contributed by atoms with E-state index in [4.69, 9.17) is 9.72 Å². The number of pyridine rings is 1.